The van der Waals surface area contributed by atoms with E-state index in [4.69, 9.17) is 10.3 Å². The number of nitrogens with two attached hydrogens (primary N) is 1. The number of aryl methyl sites for hydroxylation is 2. The van der Waals surface area contributed by atoms with Crippen LogP contribution >= 0.6 is 24.8 Å². The fourth-order valence-electron chi connectivity index (χ4n) is 2.74. The zero-order chi connectivity index (χ0) is 15.0. The molecule has 2 aromatic heterocycles. The molecule has 0 bridgehead atoms. The Morgan fingerprint density at radius 1 is 1.26 bits per heavy atom. The predicted molar refractivity (Wildman–Crippen MR) is 94.6 cm³/mol. The summed E-state index contributed by atoms with van der Waals surface area (Å²) < 4.78 is 5.21. The second-order valence-corrected chi connectivity index (χ2v) is 5.89. The molecule has 1 fully saturated rings. The van der Waals surface area contributed by atoms with Crippen LogP contribution in [-0.4, -0.2) is 28.2 Å². The lowest BCUT2D eigenvalue weighted by molar-refractivity contribution is 0.345. The van der Waals surface area contributed by atoms with Gasteiger partial charge in [0.2, 0.25) is 0 Å². The van der Waals surface area contributed by atoms with Gasteiger partial charge in [-0.15, -0.1) is 24.8 Å². The Morgan fingerprint density at radius 2 is 1.96 bits per heavy atom. The molecule has 6 nitrogen and oxygen atoms in total. The Labute approximate surface area is 148 Å². The normalized spacial score (nSPS) is 19.3. The lowest BCUT2D eigenvalue weighted by Gasteiger charge is -2.32. The number of aromatic nitrogens is 3. The van der Waals surface area contributed by atoms with Crippen LogP contribution in [0.15, 0.2) is 16.9 Å². The van der Waals surface area contributed by atoms with Crippen LogP contribution in [0.2, 0.25) is 0 Å². The number of rotatable bonds is 4. The summed E-state index contributed by atoms with van der Waals surface area (Å²) in [5.74, 6) is 2.26. The van der Waals surface area contributed by atoms with Gasteiger partial charge < -0.3 is 15.2 Å². The van der Waals surface area contributed by atoms with Gasteiger partial charge in [-0.25, -0.2) is 9.97 Å². The molecule has 1 saturated carbocycles. The van der Waals surface area contributed by atoms with Crippen LogP contribution in [0, 0.1) is 13.8 Å². The van der Waals surface area contributed by atoms with Crippen molar-refractivity contribution in [2.45, 2.75) is 45.2 Å². The van der Waals surface area contributed by atoms with Gasteiger partial charge in [0.05, 0.1) is 5.69 Å². The van der Waals surface area contributed by atoms with Gasteiger partial charge in [-0.05, 0) is 26.7 Å². The standard InChI is InChI=1S/C15H21N5O.2ClH/c1-9-13(10(2)21-19-9)7-20(3)15-6-14(17-8-18-15)11-4-12(16)5-11;;/h6,8,11-12H,4-5,7,16H2,1-3H3;2*1H. The first-order chi connectivity index (χ1) is 10.0. The molecule has 0 amide bonds. The topological polar surface area (TPSA) is 81.1 Å². The Balaban J connectivity index is 0.00000132. The van der Waals surface area contributed by atoms with Gasteiger partial charge in [-0.1, -0.05) is 5.16 Å². The molecule has 0 spiro atoms. The third kappa shape index (κ3) is 4.13. The molecule has 0 aliphatic heterocycles. The van der Waals surface area contributed by atoms with Crippen molar-refractivity contribution in [1.82, 2.24) is 15.1 Å². The van der Waals surface area contributed by atoms with Crippen molar-refractivity contribution < 1.29 is 4.52 Å². The molecule has 128 valence electrons. The van der Waals surface area contributed by atoms with Gasteiger partial charge >= 0.3 is 0 Å². The summed E-state index contributed by atoms with van der Waals surface area (Å²) in [5.41, 5.74) is 8.99. The molecule has 2 N–H and O–H groups in total. The Bertz CT molecular complexity index is 623. The van der Waals surface area contributed by atoms with Gasteiger partial charge in [-0.3, -0.25) is 0 Å². The minimum Gasteiger partial charge on any atom is -0.361 e. The van der Waals surface area contributed by atoms with E-state index in [0.29, 0.717) is 12.0 Å². The first-order valence-corrected chi connectivity index (χ1v) is 7.25. The molecule has 1 aliphatic rings. The molecule has 0 radical (unpaired) electrons. The SMILES string of the molecule is Cc1noc(C)c1CN(C)c1cc(C2CC(N)C2)ncn1.Cl.Cl. The zero-order valence-electron chi connectivity index (χ0n) is 13.5. The fraction of sp³-hybridized carbons (Fsp3) is 0.533. The van der Waals surface area contributed by atoms with E-state index in [1.54, 1.807) is 6.33 Å². The highest BCUT2D eigenvalue weighted by molar-refractivity contribution is 5.85. The number of halogens is 2. The van der Waals surface area contributed by atoms with E-state index >= 15 is 0 Å². The van der Waals surface area contributed by atoms with Crippen molar-refractivity contribution in [3.8, 4) is 0 Å². The highest BCUT2D eigenvalue weighted by Crippen LogP contribution is 2.35. The van der Waals surface area contributed by atoms with E-state index in [1.165, 1.54) is 0 Å². The van der Waals surface area contributed by atoms with Crippen molar-refractivity contribution in [2.75, 3.05) is 11.9 Å². The maximum absolute atomic E-state index is 5.86. The van der Waals surface area contributed by atoms with E-state index in [1.807, 2.05) is 20.9 Å². The number of hydrogen-bond acceptors (Lipinski definition) is 6. The van der Waals surface area contributed by atoms with Gasteiger partial charge in [0.1, 0.15) is 17.9 Å². The number of anilines is 1. The zero-order valence-corrected chi connectivity index (χ0v) is 15.2. The van der Waals surface area contributed by atoms with Crippen molar-refractivity contribution in [3.63, 3.8) is 0 Å². The number of hydrogen-bond donors (Lipinski definition) is 1. The molecule has 0 atom stereocenters. The summed E-state index contributed by atoms with van der Waals surface area (Å²) in [6, 6.07) is 2.39. The largest absolute Gasteiger partial charge is 0.361 e. The van der Waals surface area contributed by atoms with Crippen molar-refractivity contribution in [2.24, 2.45) is 5.73 Å². The molecule has 1 aliphatic carbocycles. The smallest absolute Gasteiger partial charge is 0.138 e. The van der Waals surface area contributed by atoms with Crippen molar-refractivity contribution in [1.29, 1.82) is 0 Å². The van der Waals surface area contributed by atoms with Crippen LogP contribution in [0.5, 0.6) is 0 Å². The minimum atomic E-state index is 0. The van der Waals surface area contributed by atoms with Crippen LogP contribution in [0.3, 0.4) is 0 Å². The maximum atomic E-state index is 5.86. The van der Waals surface area contributed by atoms with Crippen molar-refractivity contribution >= 4 is 30.6 Å². The highest BCUT2D eigenvalue weighted by Gasteiger charge is 2.28. The molecule has 0 unspecified atom stereocenters. The van der Waals surface area contributed by atoms with E-state index in [9.17, 15) is 0 Å². The first kappa shape index (κ1) is 19.7. The van der Waals surface area contributed by atoms with Crippen LogP contribution in [0.4, 0.5) is 5.82 Å². The maximum Gasteiger partial charge on any atom is 0.138 e. The molecule has 2 aromatic rings. The van der Waals surface area contributed by atoms with E-state index < -0.39 is 0 Å². The van der Waals surface area contributed by atoms with E-state index in [2.05, 4.69) is 26.1 Å². The number of nitrogens with zero attached hydrogens (tertiary/aromatic N) is 4. The molecular formula is C15H23Cl2N5O. The van der Waals surface area contributed by atoms with E-state index in [-0.39, 0.29) is 24.8 Å². The monoisotopic (exact) mass is 359 g/mol. The highest BCUT2D eigenvalue weighted by atomic mass is 35.5. The van der Waals surface area contributed by atoms with Crippen LogP contribution in [-0.2, 0) is 6.54 Å². The summed E-state index contributed by atoms with van der Waals surface area (Å²) in [6.07, 6.45) is 3.67. The van der Waals surface area contributed by atoms with Gasteiger partial charge in [0, 0.05) is 42.9 Å². The lowest BCUT2D eigenvalue weighted by atomic mass is 9.78. The minimum absolute atomic E-state index is 0. The lowest BCUT2D eigenvalue weighted by Crippen LogP contribution is -2.35. The second kappa shape index (κ2) is 7.95. The predicted octanol–water partition coefficient (Wildman–Crippen LogP) is 2.77. The van der Waals surface area contributed by atoms with Crippen LogP contribution < -0.4 is 10.6 Å². The van der Waals surface area contributed by atoms with Crippen molar-refractivity contribution in [3.05, 3.63) is 35.1 Å². The summed E-state index contributed by atoms with van der Waals surface area (Å²) in [4.78, 5) is 10.9. The Hall–Kier alpha value is -1.37. The molecule has 2 heterocycles. The fourth-order valence-corrected chi connectivity index (χ4v) is 2.74. The van der Waals surface area contributed by atoms with Gasteiger partial charge in [0.25, 0.3) is 0 Å². The first-order valence-electron chi connectivity index (χ1n) is 7.25. The van der Waals surface area contributed by atoms with E-state index in [0.717, 1.165) is 47.9 Å². The summed E-state index contributed by atoms with van der Waals surface area (Å²) >= 11 is 0. The molecule has 0 saturated heterocycles. The third-order valence-corrected chi connectivity index (χ3v) is 4.23. The molecular weight excluding hydrogens is 337 g/mol. The quantitative estimate of drug-likeness (QED) is 0.903. The third-order valence-electron chi connectivity index (χ3n) is 4.23. The summed E-state index contributed by atoms with van der Waals surface area (Å²) in [7, 11) is 2.02. The van der Waals surface area contributed by atoms with Gasteiger partial charge in [-0.2, -0.15) is 0 Å². The molecule has 3 rings (SSSR count). The Kier molecular flexibility index (Phi) is 6.80. The van der Waals surface area contributed by atoms with Crippen LogP contribution in [0.25, 0.3) is 0 Å². The molecule has 8 heteroatoms. The van der Waals surface area contributed by atoms with Crippen LogP contribution in [0.1, 0.15) is 41.5 Å². The average molecular weight is 360 g/mol. The summed E-state index contributed by atoms with van der Waals surface area (Å²) in [6.45, 7) is 4.62. The molecule has 0 aromatic carbocycles. The Morgan fingerprint density at radius 3 is 2.52 bits per heavy atom. The average Bonchev–Trinajstić information content (AvgIpc) is 2.76. The summed E-state index contributed by atoms with van der Waals surface area (Å²) in [5, 5.41) is 3.99. The van der Waals surface area contributed by atoms with Gasteiger partial charge in [0.15, 0.2) is 0 Å². The second-order valence-electron chi connectivity index (χ2n) is 5.89. The molecule has 23 heavy (non-hydrogen) atoms.